The monoisotopic (exact) mass is 214 g/mol. The first-order valence-electron chi connectivity index (χ1n) is 6.01. The van der Waals surface area contributed by atoms with Crippen molar-refractivity contribution in [2.45, 2.75) is 45.2 Å². The van der Waals surface area contributed by atoms with Crippen LogP contribution >= 0.6 is 0 Å². The van der Waals surface area contributed by atoms with Crippen LogP contribution in [0.2, 0.25) is 0 Å². The molecule has 0 aromatic heterocycles. The molecule has 0 spiro atoms. The fourth-order valence-corrected chi connectivity index (χ4v) is 2.67. The van der Waals surface area contributed by atoms with Gasteiger partial charge in [0.15, 0.2) is 0 Å². The second kappa shape index (κ2) is 5.28. The standard InChI is InChI=1S/C12H26N2O/c1-10-6-5-7-14(11(10)2)12(3,8-13)9-15-4/h10-11H,5-9,13H2,1-4H3. The smallest absolute Gasteiger partial charge is 0.0656 e. The van der Waals surface area contributed by atoms with Crippen LogP contribution in [0.3, 0.4) is 0 Å². The van der Waals surface area contributed by atoms with E-state index in [0.717, 1.165) is 19.1 Å². The van der Waals surface area contributed by atoms with Gasteiger partial charge in [-0.05, 0) is 39.2 Å². The van der Waals surface area contributed by atoms with Gasteiger partial charge in [-0.1, -0.05) is 6.92 Å². The number of likely N-dealkylation sites (tertiary alicyclic amines) is 1. The summed E-state index contributed by atoms with van der Waals surface area (Å²) in [5.41, 5.74) is 5.91. The molecule has 0 amide bonds. The number of nitrogens with zero attached hydrogens (tertiary/aromatic N) is 1. The van der Waals surface area contributed by atoms with E-state index in [4.69, 9.17) is 10.5 Å². The van der Waals surface area contributed by atoms with Crippen molar-refractivity contribution in [1.82, 2.24) is 4.90 Å². The number of rotatable bonds is 4. The Morgan fingerprint density at radius 1 is 1.47 bits per heavy atom. The number of hydrogen-bond acceptors (Lipinski definition) is 3. The third kappa shape index (κ3) is 2.71. The van der Waals surface area contributed by atoms with E-state index in [-0.39, 0.29) is 5.54 Å². The minimum absolute atomic E-state index is 0.00282. The van der Waals surface area contributed by atoms with Crippen molar-refractivity contribution in [2.75, 3.05) is 26.8 Å². The average molecular weight is 214 g/mol. The van der Waals surface area contributed by atoms with Crippen LogP contribution in [0.15, 0.2) is 0 Å². The second-order valence-corrected chi connectivity index (χ2v) is 5.19. The van der Waals surface area contributed by atoms with Gasteiger partial charge in [0.1, 0.15) is 0 Å². The number of ether oxygens (including phenoxy) is 1. The van der Waals surface area contributed by atoms with Crippen LogP contribution in [0.1, 0.15) is 33.6 Å². The zero-order valence-corrected chi connectivity index (χ0v) is 10.6. The largest absolute Gasteiger partial charge is 0.383 e. The molecule has 1 fully saturated rings. The van der Waals surface area contributed by atoms with E-state index in [2.05, 4.69) is 25.7 Å². The molecule has 1 aliphatic heterocycles. The van der Waals surface area contributed by atoms with E-state index in [1.165, 1.54) is 12.8 Å². The van der Waals surface area contributed by atoms with Gasteiger partial charge in [0.25, 0.3) is 0 Å². The molecule has 3 unspecified atom stereocenters. The molecule has 1 heterocycles. The van der Waals surface area contributed by atoms with Crippen LogP contribution in [0.25, 0.3) is 0 Å². The van der Waals surface area contributed by atoms with Crippen molar-refractivity contribution >= 4 is 0 Å². The summed E-state index contributed by atoms with van der Waals surface area (Å²) in [6, 6.07) is 0.613. The van der Waals surface area contributed by atoms with Crippen molar-refractivity contribution in [2.24, 2.45) is 11.7 Å². The average Bonchev–Trinajstić information content (AvgIpc) is 2.22. The lowest BCUT2D eigenvalue weighted by Crippen LogP contribution is -2.60. The second-order valence-electron chi connectivity index (χ2n) is 5.19. The van der Waals surface area contributed by atoms with Gasteiger partial charge in [-0.2, -0.15) is 0 Å². The molecule has 2 N–H and O–H groups in total. The summed E-state index contributed by atoms with van der Waals surface area (Å²) >= 11 is 0. The fourth-order valence-electron chi connectivity index (χ4n) is 2.67. The summed E-state index contributed by atoms with van der Waals surface area (Å²) in [6.07, 6.45) is 2.62. The van der Waals surface area contributed by atoms with Crippen LogP contribution < -0.4 is 5.73 Å². The Bertz CT molecular complexity index is 198. The maximum Gasteiger partial charge on any atom is 0.0656 e. The van der Waals surface area contributed by atoms with Crippen LogP contribution in [-0.4, -0.2) is 43.3 Å². The van der Waals surface area contributed by atoms with Gasteiger partial charge >= 0.3 is 0 Å². The molecule has 0 bridgehead atoms. The topological polar surface area (TPSA) is 38.5 Å². The van der Waals surface area contributed by atoms with Crippen LogP contribution in [0, 0.1) is 5.92 Å². The first-order chi connectivity index (χ1) is 7.05. The maximum absolute atomic E-state index is 5.91. The highest BCUT2D eigenvalue weighted by Crippen LogP contribution is 2.29. The zero-order chi connectivity index (χ0) is 11.5. The quantitative estimate of drug-likeness (QED) is 0.770. The van der Waals surface area contributed by atoms with Crippen molar-refractivity contribution in [3.05, 3.63) is 0 Å². The summed E-state index contributed by atoms with van der Waals surface area (Å²) < 4.78 is 5.31. The molecular weight excluding hydrogens is 188 g/mol. The Hall–Kier alpha value is -0.120. The molecule has 3 nitrogen and oxygen atoms in total. The Balaban J connectivity index is 2.73. The van der Waals surface area contributed by atoms with Gasteiger partial charge in [0, 0.05) is 19.7 Å². The maximum atomic E-state index is 5.91. The molecular formula is C12H26N2O. The van der Waals surface area contributed by atoms with Crippen molar-refractivity contribution in [3.8, 4) is 0 Å². The molecule has 0 aromatic rings. The van der Waals surface area contributed by atoms with Gasteiger partial charge in [-0.25, -0.2) is 0 Å². The fraction of sp³-hybridized carbons (Fsp3) is 1.00. The normalized spacial score (nSPS) is 32.6. The first-order valence-corrected chi connectivity index (χ1v) is 6.01. The molecule has 0 radical (unpaired) electrons. The highest BCUT2D eigenvalue weighted by Gasteiger charge is 2.37. The predicted molar refractivity (Wildman–Crippen MR) is 63.9 cm³/mol. The number of hydrogen-bond donors (Lipinski definition) is 1. The molecule has 3 atom stereocenters. The first kappa shape index (κ1) is 12.9. The predicted octanol–water partition coefficient (Wildman–Crippen LogP) is 1.47. The lowest BCUT2D eigenvalue weighted by atomic mass is 9.87. The van der Waals surface area contributed by atoms with E-state index < -0.39 is 0 Å². The summed E-state index contributed by atoms with van der Waals surface area (Å²) in [7, 11) is 1.76. The Kier molecular flexibility index (Phi) is 4.56. The Morgan fingerprint density at radius 3 is 2.67 bits per heavy atom. The molecule has 0 saturated carbocycles. The molecule has 1 rings (SSSR count). The Labute approximate surface area is 94.0 Å². The van der Waals surface area contributed by atoms with Crippen molar-refractivity contribution in [1.29, 1.82) is 0 Å². The van der Waals surface area contributed by atoms with E-state index >= 15 is 0 Å². The lowest BCUT2D eigenvalue weighted by molar-refractivity contribution is -0.0285. The highest BCUT2D eigenvalue weighted by molar-refractivity contribution is 4.93. The van der Waals surface area contributed by atoms with Gasteiger partial charge in [-0.3, -0.25) is 4.90 Å². The van der Waals surface area contributed by atoms with Gasteiger partial charge in [-0.15, -0.1) is 0 Å². The summed E-state index contributed by atoms with van der Waals surface area (Å²) in [5, 5.41) is 0. The highest BCUT2D eigenvalue weighted by atomic mass is 16.5. The molecule has 15 heavy (non-hydrogen) atoms. The number of methoxy groups -OCH3 is 1. The molecule has 1 saturated heterocycles. The minimum atomic E-state index is 0.00282. The number of piperidine rings is 1. The molecule has 0 aliphatic carbocycles. The van der Waals surface area contributed by atoms with E-state index in [0.29, 0.717) is 12.6 Å². The third-order valence-corrected chi connectivity index (χ3v) is 3.96. The molecule has 3 heteroatoms. The number of nitrogens with two attached hydrogens (primary N) is 1. The van der Waals surface area contributed by atoms with E-state index in [1.54, 1.807) is 7.11 Å². The lowest BCUT2D eigenvalue weighted by Gasteiger charge is -2.48. The molecule has 90 valence electrons. The summed E-state index contributed by atoms with van der Waals surface area (Å²) in [5.74, 6) is 0.765. The van der Waals surface area contributed by atoms with Gasteiger partial charge < -0.3 is 10.5 Å². The minimum Gasteiger partial charge on any atom is -0.383 e. The summed E-state index contributed by atoms with van der Waals surface area (Å²) in [4.78, 5) is 2.53. The van der Waals surface area contributed by atoms with Gasteiger partial charge in [0.2, 0.25) is 0 Å². The van der Waals surface area contributed by atoms with Crippen molar-refractivity contribution < 1.29 is 4.74 Å². The van der Waals surface area contributed by atoms with Gasteiger partial charge in [0.05, 0.1) is 12.1 Å². The Morgan fingerprint density at radius 2 is 2.13 bits per heavy atom. The summed E-state index contributed by atoms with van der Waals surface area (Å²) in [6.45, 7) is 9.40. The van der Waals surface area contributed by atoms with Crippen LogP contribution in [0.5, 0.6) is 0 Å². The van der Waals surface area contributed by atoms with E-state index in [9.17, 15) is 0 Å². The van der Waals surface area contributed by atoms with Crippen LogP contribution in [-0.2, 0) is 4.74 Å². The molecule has 1 aliphatic rings. The third-order valence-electron chi connectivity index (χ3n) is 3.96. The SMILES string of the molecule is COCC(C)(CN)N1CCCC(C)C1C. The van der Waals surface area contributed by atoms with Crippen LogP contribution in [0.4, 0.5) is 0 Å². The zero-order valence-electron chi connectivity index (χ0n) is 10.6. The molecule has 0 aromatic carbocycles. The van der Waals surface area contributed by atoms with E-state index in [1.807, 2.05) is 0 Å². The van der Waals surface area contributed by atoms with Crippen molar-refractivity contribution in [3.63, 3.8) is 0 Å².